The lowest BCUT2D eigenvalue weighted by Crippen LogP contribution is -2.47. The predicted octanol–water partition coefficient (Wildman–Crippen LogP) is 1.83. The lowest BCUT2D eigenvalue weighted by molar-refractivity contribution is -0.0317. The Kier molecular flexibility index (Phi) is 4.23. The Hall–Kier alpha value is -0.890. The van der Waals surface area contributed by atoms with E-state index in [0.717, 1.165) is 44.4 Å². The topological polar surface area (TPSA) is 63.0 Å². The van der Waals surface area contributed by atoms with Crippen molar-refractivity contribution >= 4 is 10.0 Å². The number of piperidine rings is 1. The first kappa shape index (κ1) is 16.6. The van der Waals surface area contributed by atoms with Gasteiger partial charge < -0.3 is 9.15 Å². The van der Waals surface area contributed by atoms with Crippen LogP contribution in [-0.4, -0.2) is 61.3 Å². The van der Waals surface area contributed by atoms with Gasteiger partial charge in [-0.05, 0) is 51.3 Å². The summed E-state index contributed by atoms with van der Waals surface area (Å²) in [7, 11) is -0.945. The molecule has 0 amide bonds. The maximum absolute atomic E-state index is 12.4. The summed E-state index contributed by atoms with van der Waals surface area (Å²) in [5.41, 5.74) is -0.141. The summed E-state index contributed by atoms with van der Waals surface area (Å²) < 4.78 is 38.0. The van der Waals surface area contributed by atoms with Crippen molar-refractivity contribution in [3.05, 3.63) is 24.2 Å². The first-order valence-electron chi connectivity index (χ1n) is 8.84. The molecule has 1 atom stereocenters. The van der Waals surface area contributed by atoms with Crippen molar-refractivity contribution in [1.82, 2.24) is 9.21 Å². The van der Waals surface area contributed by atoms with E-state index in [-0.39, 0.29) is 10.9 Å². The van der Waals surface area contributed by atoms with E-state index in [2.05, 4.69) is 11.9 Å². The van der Waals surface area contributed by atoms with Gasteiger partial charge in [0.25, 0.3) is 0 Å². The molecule has 0 unspecified atom stereocenters. The molecule has 6 nitrogen and oxygen atoms in total. The van der Waals surface area contributed by atoms with E-state index in [9.17, 15) is 8.42 Å². The number of hydrogen-bond acceptors (Lipinski definition) is 5. The van der Waals surface area contributed by atoms with E-state index in [0.29, 0.717) is 25.7 Å². The Morgan fingerprint density at radius 1 is 1.33 bits per heavy atom. The summed E-state index contributed by atoms with van der Waals surface area (Å²) in [6.45, 7) is 2.70. The first-order chi connectivity index (χ1) is 11.5. The average molecular weight is 354 g/mol. The van der Waals surface area contributed by atoms with Gasteiger partial charge in [-0.1, -0.05) is 0 Å². The van der Waals surface area contributed by atoms with Crippen molar-refractivity contribution in [3.63, 3.8) is 0 Å². The average Bonchev–Trinajstić information content (AvgIpc) is 3.18. The summed E-state index contributed by atoms with van der Waals surface area (Å²) in [6.07, 6.45) is 5.96. The van der Waals surface area contributed by atoms with Crippen LogP contribution >= 0.6 is 0 Å². The van der Waals surface area contributed by atoms with Gasteiger partial charge in [-0.15, -0.1) is 0 Å². The second-order valence-corrected chi connectivity index (χ2v) is 9.70. The maximum atomic E-state index is 12.4. The zero-order valence-electron chi connectivity index (χ0n) is 14.2. The fourth-order valence-corrected chi connectivity index (χ4v) is 5.80. The van der Waals surface area contributed by atoms with Gasteiger partial charge in [0.15, 0.2) is 0 Å². The number of sulfonamides is 1. The standard InChI is InChI=1S/C17H26N2O4S/c1-18(12-15-3-2-10-22-15)14-11-17(23-13-14)6-8-19(9-7-17)24(20,21)16-4-5-16/h2-3,10,14,16H,4-9,11-13H2,1H3/t14-/m0/s1. The van der Waals surface area contributed by atoms with Gasteiger partial charge in [-0.2, -0.15) is 0 Å². The number of rotatable bonds is 5. The minimum atomic E-state index is -3.04. The number of likely N-dealkylation sites (N-methyl/N-ethyl adjacent to an activating group) is 1. The highest BCUT2D eigenvalue weighted by Crippen LogP contribution is 2.40. The quantitative estimate of drug-likeness (QED) is 0.807. The van der Waals surface area contributed by atoms with Gasteiger partial charge in [0, 0.05) is 19.1 Å². The molecule has 0 bridgehead atoms. The van der Waals surface area contributed by atoms with Crippen molar-refractivity contribution in [1.29, 1.82) is 0 Å². The highest BCUT2D eigenvalue weighted by Gasteiger charge is 2.48. The van der Waals surface area contributed by atoms with Crippen molar-refractivity contribution in [2.75, 3.05) is 26.7 Å². The molecule has 1 spiro atoms. The van der Waals surface area contributed by atoms with Crippen molar-refractivity contribution in [3.8, 4) is 0 Å². The lowest BCUT2D eigenvalue weighted by Gasteiger charge is -2.38. The fraction of sp³-hybridized carbons (Fsp3) is 0.765. The van der Waals surface area contributed by atoms with E-state index >= 15 is 0 Å². The van der Waals surface area contributed by atoms with E-state index < -0.39 is 10.0 Å². The minimum absolute atomic E-state index is 0.108. The van der Waals surface area contributed by atoms with Gasteiger partial charge in [0.05, 0.1) is 30.3 Å². The number of nitrogens with zero attached hydrogens (tertiary/aromatic N) is 2. The third-order valence-corrected chi connectivity index (χ3v) is 8.14. The Labute approximate surface area is 143 Å². The molecule has 24 heavy (non-hydrogen) atoms. The van der Waals surface area contributed by atoms with Gasteiger partial charge in [0.2, 0.25) is 10.0 Å². The Morgan fingerprint density at radius 3 is 2.71 bits per heavy atom. The lowest BCUT2D eigenvalue weighted by atomic mass is 9.88. The summed E-state index contributed by atoms with van der Waals surface area (Å²) in [5.74, 6) is 0.962. The largest absolute Gasteiger partial charge is 0.468 e. The normalized spacial score (nSPS) is 28.0. The highest BCUT2D eigenvalue weighted by molar-refractivity contribution is 7.90. The van der Waals surface area contributed by atoms with Crippen LogP contribution in [0, 0.1) is 0 Å². The van der Waals surface area contributed by atoms with Crippen LogP contribution in [0.5, 0.6) is 0 Å². The molecule has 7 heteroatoms. The number of ether oxygens (including phenoxy) is 1. The third kappa shape index (κ3) is 3.14. The fourth-order valence-electron chi connectivity index (χ4n) is 3.95. The molecule has 0 aromatic carbocycles. The van der Waals surface area contributed by atoms with Crippen molar-refractivity contribution in [2.45, 2.75) is 55.5 Å². The molecular weight excluding hydrogens is 328 g/mol. The van der Waals surface area contributed by atoms with Crippen LogP contribution in [0.25, 0.3) is 0 Å². The second kappa shape index (κ2) is 6.12. The molecule has 2 aliphatic heterocycles. The molecule has 1 aromatic heterocycles. The monoisotopic (exact) mass is 354 g/mol. The molecule has 2 saturated heterocycles. The SMILES string of the molecule is CN(Cc1ccco1)[C@@H]1COC2(CCN(S(=O)(=O)C3CC3)CC2)C1. The molecule has 3 fully saturated rings. The summed E-state index contributed by atoms with van der Waals surface area (Å²) in [5, 5.41) is -0.108. The first-order valence-corrected chi connectivity index (χ1v) is 10.3. The Balaban J connectivity index is 1.33. The van der Waals surface area contributed by atoms with E-state index in [4.69, 9.17) is 9.15 Å². The molecule has 134 valence electrons. The minimum Gasteiger partial charge on any atom is -0.468 e. The van der Waals surface area contributed by atoms with Gasteiger partial charge in [-0.3, -0.25) is 4.90 Å². The molecule has 4 rings (SSSR count). The third-order valence-electron chi connectivity index (χ3n) is 5.74. The van der Waals surface area contributed by atoms with Gasteiger partial charge in [0.1, 0.15) is 5.76 Å². The smallest absolute Gasteiger partial charge is 0.216 e. The van der Waals surface area contributed by atoms with Crippen LogP contribution in [0.15, 0.2) is 22.8 Å². The molecule has 1 aliphatic carbocycles. The predicted molar refractivity (Wildman–Crippen MR) is 90.0 cm³/mol. The second-order valence-electron chi connectivity index (χ2n) is 7.49. The molecule has 3 heterocycles. The van der Waals surface area contributed by atoms with Crippen LogP contribution in [-0.2, 0) is 21.3 Å². The van der Waals surface area contributed by atoms with Gasteiger partial charge in [-0.25, -0.2) is 12.7 Å². The van der Waals surface area contributed by atoms with Crippen LogP contribution in [0.4, 0.5) is 0 Å². The molecular formula is C17H26N2O4S. The number of hydrogen-bond donors (Lipinski definition) is 0. The van der Waals surface area contributed by atoms with E-state index in [1.165, 1.54) is 0 Å². The number of furan rings is 1. The van der Waals surface area contributed by atoms with Crippen molar-refractivity contribution < 1.29 is 17.6 Å². The zero-order chi connectivity index (χ0) is 16.8. The maximum Gasteiger partial charge on any atom is 0.216 e. The Bertz CT molecular complexity index is 661. The molecule has 1 aromatic rings. The molecule has 0 radical (unpaired) electrons. The highest BCUT2D eigenvalue weighted by atomic mass is 32.2. The van der Waals surface area contributed by atoms with Crippen LogP contribution in [0.2, 0.25) is 0 Å². The van der Waals surface area contributed by atoms with Crippen molar-refractivity contribution in [2.24, 2.45) is 0 Å². The van der Waals surface area contributed by atoms with E-state index in [1.54, 1.807) is 10.6 Å². The van der Waals surface area contributed by atoms with Gasteiger partial charge >= 0.3 is 0 Å². The summed E-state index contributed by atoms with van der Waals surface area (Å²) in [4.78, 5) is 2.28. The summed E-state index contributed by atoms with van der Waals surface area (Å²) >= 11 is 0. The molecule has 0 N–H and O–H groups in total. The van der Waals surface area contributed by atoms with Crippen LogP contribution in [0.3, 0.4) is 0 Å². The molecule has 1 saturated carbocycles. The van der Waals surface area contributed by atoms with Crippen LogP contribution in [0.1, 0.15) is 37.9 Å². The zero-order valence-corrected chi connectivity index (χ0v) is 15.0. The summed E-state index contributed by atoms with van der Waals surface area (Å²) in [6, 6.07) is 4.26. The van der Waals surface area contributed by atoms with Crippen LogP contribution < -0.4 is 0 Å². The van der Waals surface area contributed by atoms with E-state index in [1.807, 2.05) is 12.1 Å². The Morgan fingerprint density at radius 2 is 2.08 bits per heavy atom. The molecule has 3 aliphatic rings.